The number of amidine groups is 1. The molecule has 1 aliphatic rings. The Morgan fingerprint density at radius 2 is 2.36 bits per heavy atom. The van der Waals surface area contributed by atoms with Crippen LogP contribution >= 0.6 is 11.8 Å². The predicted molar refractivity (Wildman–Crippen MR) is 66.4 cm³/mol. The summed E-state index contributed by atoms with van der Waals surface area (Å²) in [5, 5.41) is 3.51. The van der Waals surface area contributed by atoms with Gasteiger partial charge in [0.2, 0.25) is 0 Å². The lowest BCUT2D eigenvalue weighted by Crippen LogP contribution is -2.34. The smallest absolute Gasteiger partial charge is 0.0965 e. The molecule has 14 heavy (non-hydrogen) atoms. The van der Waals surface area contributed by atoms with E-state index in [1.165, 1.54) is 36.6 Å². The van der Waals surface area contributed by atoms with Gasteiger partial charge in [0.1, 0.15) is 0 Å². The zero-order valence-electron chi connectivity index (χ0n) is 9.38. The molecular weight excluding hydrogens is 192 g/mol. The van der Waals surface area contributed by atoms with E-state index in [0.29, 0.717) is 6.04 Å². The quantitative estimate of drug-likeness (QED) is 0.712. The zero-order valence-corrected chi connectivity index (χ0v) is 10.2. The van der Waals surface area contributed by atoms with Gasteiger partial charge in [-0.15, -0.1) is 0 Å². The van der Waals surface area contributed by atoms with E-state index in [1.807, 2.05) is 11.8 Å². The summed E-state index contributed by atoms with van der Waals surface area (Å²) in [4.78, 5) is 4.50. The molecule has 82 valence electrons. The van der Waals surface area contributed by atoms with Crippen LogP contribution in [-0.4, -0.2) is 29.9 Å². The van der Waals surface area contributed by atoms with Crippen molar-refractivity contribution in [2.45, 2.75) is 45.6 Å². The van der Waals surface area contributed by atoms with Crippen LogP contribution in [0.2, 0.25) is 0 Å². The van der Waals surface area contributed by atoms with Gasteiger partial charge in [0.25, 0.3) is 0 Å². The van der Waals surface area contributed by atoms with Gasteiger partial charge in [-0.1, -0.05) is 6.92 Å². The van der Waals surface area contributed by atoms with Gasteiger partial charge >= 0.3 is 0 Å². The molecule has 0 bridgehead atoms. The Hall–Kier alpha value is -0.180. The summed E-state index contributed by atoms with van der Waals surface area (Å²) in [5.41, 5.74) is 0. The number of nitrogens with one attached hydrogen (secondary N) is 1. The summed E-state index contributed by atoms with van der Waals surface area (Å²) in [5.74, 6) is 3.73. The van der Waals surface area contributed by atoms with Gasteiger partial charge in [-0.3, -0.25) is 4.99 Å². The van der Waals surface area contributed by atoms with Crippen LogP contribution in [0.15, 0.2) is 4.99 Å². The van der Waals surface area contributed by atoms with Crippen LogP contribution in [0.4, 0.5) is 0 Å². The summed E-state index contributed by atoms with van der Waals surface area (Å²) >= 11 is 2.02. The first kappa shape index (κ1) is 11.9. The lowest BCUT2D eigenvalue weighted by molar-refractivity contribution is 0.616. The van der Waals surface area contributed by atoms with Crippen LogP contribution in [0, 0.1) is 0 Å². The summed E-state index contributed by atoms with van der Waals surface area (Å²) in [6.07, 6.45) is 4.98. The highest BCUT2D eigenvalue weighted by molar-refractivity contribution is 7.99. The maximum atomic E-state index is 4.50. The third kappa shape index (κ3) is 4.89. The molecular formula is C11H22N2S. The van der Waals surface area contributed by atoms with Crippen molar-refractivity contribution in [3.05, 3.63) is 0 Å². The second kappa shape index (κ2) is 7.16. The van der Waals surface area contributed by atoms with Crippen molar-refractivity contribution in [2.24, 2.45) is 4.99 Å². The van der Waals surface area contributed by atoms with Crippen LogP contribution in [0.25, 0.3) is 0 Å². The summed E-state index contributed by atoms with van der Waals surface area (Å²) in [6, 6.07) is 0.589. The van der Waals surface area contributed by atoms with E-state index in [0.717, 1.165) is 13.0 Å². The average molecular weight is 214 g/mol. The molecule has 0 amide bonds. The minimum atomic E-state index is 0.589. The number of nitrogens with zero attached hydrogens (tertiary/aromatic N) is 1. The molecule has 1 heterocycles. The molecule has 1 atom stereocenters. The van der Waals surface area contributed by atoms with Crippen molar-refractivity contribution in [1.82, 2.24) is 5.32 Å². The van der Waals surface area contributed by atoms with Crippen molar-refractivity contribution >= 4 is 17.6 Å². The number of rotatable bonds is 5. The fourth-order valence-electron chi connectivity index (χ4n) is 1.58. The van der Waals surface area contributed by atoms with Crippen LogP contribution in [0.3, 0.4) is 0 Å². The first-order valence-electron chi connectivity index (χ1n) is 5.70. The summed E-state index contributed by atoms with van der Waals surface area (Å²) in [7, 11) is 0. The topological polar surface area (TPSA) is 24.4 Å². The Labute approximate surface area is 92.0 Å². The molecule has 2 nitrogen and oxygen atoms in total. The largest absolute Gasteiger partial charge is 0.371 e. The molecule has 0 aliphatic carbocycles. The van der Waals surface area contributed by atoms with Crippen LogP contribution < -0.4 is 5.32 Å². The molecule has 0 aromatic heterocycles. The van der Waals surface area contributed by atoms with E-state index in [9.17, 15) is 0 Å². The van der Waals surface area contributed by atoms with Crippen molar-refractivity contribution in [1.29, 1.82) is 0 Å². The number of aliphatic imine (C=N–C) groups is 1. The monoisotopic (exact) mass is 214 g/mol. The van der Waals surface area contributed by atoms with Crippen LogP contribution in [0.5, 0.6) is 0 Å². The molecule has 0 saturated carbocycles. The first-order chi connectivity index (χ1) is 6.83. The molecule has 0 aromatic rings. The minimum Gasteiger partial charge on any atom is -0.371 e. The fourth-order valence-corrected chi connectivity index (χ4v) is 2.39. The van der Waals surface area contributed by atoms with E-state index >= 15 is 0 Å². The second-order valence-electron chi connectivity index (χ2n) is 3.82. The van der Waals surface area contributed by atoms with Gasteiger partial charge in [0.05, 0.1) is 5.84 Å². The molecule has 1 aliphatic heterocycles. The summed E-state index contributed by atoms with van der Waals surface area (Å²) < 4.78 is 0. The highest BCUT2D eigenvalue weighted by atomic mass is 32.2. The summed E-state index contributed by atoms with van der Waals surface area (Å²) in [6.45, 7) is 5.50. The average Bonchev–Trinajstić information content (AvgIpc) is 2.20. The predicted octanol–water partition coefficient (Wildman–Crippen LogP) is 2.69. The Kier molecular flexibility index (Phi) is 6.08. The number of thioether (sulfide) groups is 1. The highest BCUT2D eigenvalue weighted by Gasteiger charge is 2.07. The molecule has 1 N–H and O–H groups in total. The number of hydrogen-bond acceptors (Lipinski definition) is 3. The molecule has 1 rings (SSSR count). The molecule has 0 radical (unpaired) electrons. The first-order valence-corrected chi connectivity index (χ1v) is 6.86. The fraction of sp³-hybridized carbons (Fsp3) is 0.909. The third-order valence-electron chi connectivity index (χ3n) is 2.44. The lowest BCUT2D eigenvalue weighted by atomic mass is 10.1. The van der Waals surface area contributed by atoms with E-state index in [2.05, 4.69) is 24.2 Å². The maximum Gasteiger partial charge on any atom is 0.0965 e. The van der Waals surface area contributed by atoms with Gasteiger partial charge in [-0.05, 0) is 37.7 Å². The van der Waals surface area contributed by atoms with Gasteiger partial charge in [-0.25, -0.2) is 0 Å². The standard InChI is InChI=1S/C11H22N2S/c1-3-14-9-7-10(2)13-11-6-4-5-8-12-11/h10H,3-9H2,1-2H3,(H,12,13). The van der Waals surface area contributed by atoms with E-state index in [4.69, 9.17) is 0 Å². The Morgan fingerprint density at radius 1 is 1.50 bits per heavy atom. The van der Waals surface area contributed by atoms with Gasteiger partial charge in [-0.2, -0.15) is 11.8 Å². The van der Waals surface area contributed by atoms with Crippen molar-refractivity contribution in [2.75, 3.05) is 18.1 Å². The van der Waals surface area contributed by atoms with Gasteiger partial charge in [0.15, 0.2) is 0 Å². The molecule has 3 heteroatoms. The maximum absolute atomic E-state index is 4.50. The highest BCUT2D eigenvalue weighted by Crippen LogP contribution is 2.07. The molecule has 0 aromatic carbocycles. The van der Waals surface area contributed by atoms with Gasteiger partial charge < -0.3 is 5.32 Å². The minimum absolute atomic E-state index is 0.589. The molecule has 1 unspecified atom stereocenters. The van der Waals surface area contributed by atoms with Crippen molar-refractivity contribution < 1.29 is 0 Å². The van der Waals surface area contributed by atoms with E-state index < -0.39 is 0 Å². The van der Waals surface area contributed by atoms with E-state index in [1.54, 1.807) is 0 Å². The van der Waals surface area contributed by atoms with Gasteiger partial charge in [0, 0.05) is 19.0 Å². The Morgan fingerprint density at radius 3 is 3.00 bits per heavy atom. The van der Waals surface area contributed by atoms with Crippen molar-refractivity contribution in [3.8, 4) is 0 Å². The van der Waals surface area contributed by atoms with Crippen LogP contribution in [0.1, 0.15) is 39.5 Å². The molecule has 0 saturated heterocycles. The zero-order chi connectivity index (χ0) is 10.2. The normalized spacial score (nSPS) is 18.9. The van der Waals surface area contributed by atoms with Crippen LogP contribution in [-0.2, 0) is 0 Å². The molecule has 0 fully saturated rings. The number of hydrogen-bond donors (Lipinski definition) is 1. The second-order valence-corrected chi connectivity index (χ2v) is 5.21. The lowest BCUT2D eigenvalue weighted by Gasteiger charge is -2.19. The third-order valence-corrected chi connectivity index (χ3v) is 3.37. The molecule has 0 spiro atoms. The Balaban J connectivity index is 2.12. The SMILES string of the molecule is CCSCCC(C)NC1=NCCCC1. The van der Waals surface area contributed by atoms with Crippen molar-refractivity contribution in [3.63, 3.8) is 0 Å². The van der Waals surface area contributed by atoms with E-state index in [-0.39, 0.29) is 0 Å². The Bertz CT molecular complexity index is 180.